The second-order valence-electron chi connectivity index (χ2n) is 5.37. The maximum absolute atomic E-state index is 13.3. The van der Waals surface area contributed by atoms with Gasteiger partial charge in [-0.25, -0.2) is 9.37 Å². The number of hydrogen-bond acceptors (Lipinski definition) is 2. The lowest BCUT2D eigenvalue weighted by Gasteiger charge is -2.02. The smallest absolute Gasteiger partial charge is 0.247 e. The normalized spacial score (nSPS) is 11.1. The SMILES string of the molecule is C=CC(=O)Nc1cnc2c(c1)c(C=Cc1cccc(F)c1)cn2C. The Kier molecular flexibility index (Phi) is 4.24. The number of aryl methyl sites for hydroxylation is 1. The van der Waals surface area contributed by atoms with E-state index in [-0.39, 0.29) is 11.7 Å². The molecule has 4 nitrogen and oxygen atoms in total. The van der Waals surface area contributed by atoms with Gasteiger partial charge in [0.15, 0.2) is 0 Å². The Morgan fingerprint density at radius 3 is 2.92 bits per heavy atom. The molecule has 0 aliphatic heterocycles. The Balaban J connectivity index is 1.99. The van der Waals surface area contributed by atoms with E-state index in [1.807, 2.05) is 42.1 Å². The van der Waals surface area contributed by atoms with Crippen LogP contribution in [-0.2, 0) is 11.8 Å². The van der Waals surface area contributed by atoms with Gasteiger partial charge < -0.3 is 9.88 Å². The number of carbonyl (C=O) groups excluding carboxylic acids is 1. The third-order valence-corrected chi connectivity index (χ3v) is 3.60. The topological polar surface area (TPSA) is 46.9 Å². The van der Waals surface area contributed by atoms with Crippen molar-refractivity contribution in [3.63, 3.8) is 0 Å². The Hall–Kier alpha value is -3.21. The molecule has 0 saturated carbocycles. The van der Waals surface area contributed by atoms with Crippen molar-refractivity contribution < 1.29 is 9.18 Å². The summed E-state index contributed by atoms with van der Waals surface area (Å²) in [5.74, 6) is -0.560. The van der Waals surface area contributed by atoms with Crippen LogP contribution in [0.25, 0.3) is 23.2 Å². The fraction of sp³-hybridized carbons (Fsp3) is 0.0526. The summed E-state index contributed by atoms with van der Waals surface area (Å²) in [5, 5.41) is 3.59. The molecule has 0 aliphatic rings. The average Bonchev–Trinajstić information content (AvgIpc) is 2.88. The number of anilines is 1. The average molecular weight is 321 g/mol. The van der Waals surface area contributed by atoms with E-state index in [4.69, 9.17) is 0 Å². The minimum Gasteiger partial charge on any atom is -0.335 e. The summed E-state index contributed by atoms with van der Waals surface area (Å²) in [6.45, 7) is 3.43. The van der Waals surface area contributed by atoms with Crippen LogP contribution < -0.4 is 5.32 Å². The zero-order chi connectivity index (χ0) is 17.1. The monoisotopic (exact) mass is 321 g/mol. The van der Waals surface area contributed by atoms with Crippen molar-refractivity contribution in [2.45, 2.75) is 0 Å². The molecule has 1 aromatic carbocycles. The first kappa shape index (κ1) is 15.7. The number of nitrogens with zero attached hydrogens (tertiary/aromatic N) is 2. The van der Waals surface area contributed by atoms with Gasteiger partial charge in [0, 0.05) is 24.2 Å². The zero-order valence-corrected chi connectivity index (χ0v) is 13.2. The molecule has 3 aromatic rings. The standard InChI is InChI=1S/C19H16FN3O/c1-3-18(24)22-16-10-17-14(12-23(2)19(17)21-11-16)8-7-13-5-4-6-15(20)9-13/h3-12H,1H2,2H3,(H,22,24). The Labute approximate surface area is 138 Å². The van der Waals surface area contributed by atoms with Crippen LogP contribution in [0, 0.1) is 5.82 Å². The number of benzene rings is 1. The molecule has 2 aromatic heterocycles. The molecule has 2 heterocycles. The molecule has 0 unspecified atom stereocenters. The Morgan fingerprint density at radius 2 is 2.17 bits per heavy atom. The van der Waals surface area contributed by atoms with Gasteiger partial charge in [0.2, 0.25) is 5.91 Å². The third kappa shape index (κ3) is 3.25. The molecule has 0 atom stereocenters. The van der Waals surface area contributed by atoms with E-state index in [1.165, 1.54) is 18.2 Å². The van der Waals surface area contributed by atoms with E-state index < -0.39 is 0 Å². The molecule has 5 heteroatoms. The fourth-order valence-electron chi connectivity index (χ4n) is 2.48. The first-order valence-electron chi connectivity index (χ1n) is 7.39. The highest BCUT2D eigenvalue weighted by Gasteiger charge is 2.08. The lowest BCUT2D eigenvalue weighted by atomic mass is 10.1. The molecule has 0 fully saturated rings. The molecular formula is C19H16FN3O. The van der Waals surface area contributed by atoms with Gasteiger partial charge in [0.25, 0.3) is 0 Å². The number of rotatable bonds is 4. The number of hydrogen-bond donors (Lipinski definition) is 1. The first-order chi connectivity index (χ1) is 11.6. The molecule has 0 spiro atoms. The lowest BCUT2D eigenvalue weighted by molar-refractivity contribution is -0.111. The maximum atomic E-state index is 13.3. The van der Waals surface area contributed by atoms with Gasteiger partial charge in [-0.1, -0.05) is 30.9 Å². The van der Waals surface area contributed by atoms with Crippen LogP contribution in [-0.4, -0.2) is 15.5 Å². The fourth-order valence-corrected chi connectivity index (χ4v) is 2.48. The second kappa shape index (κ2) is 6.50. The van der Waals surface area contributed by atoms with Crippen LogP contribution in [0.5, 0.6) is 0 Å². The van der Waals surface area contributed by atoms with Crippen molar-refractivity contribution in [3.05, 3.63) is 72.3 Å². The summed E-state index contributed by atoms with van der Waals surface area (Å²) in [5.41, 5.74) is 3.10. The number of fused-ring (bicyclic) bond motifs is 1. The Bertz CT molecular complexity index is 956. The molecule has 0 saturated heterocycles. The van der Waals surface area contributed by atoms with E-state index in [1.54, 1.807) is 12.3 Å². The highest BCUT2D eigenvalue weighted by Crippen LogP contribution is 2.24. The highest BCUT2D eigenvalue weighted by atomic mass is 19.1. The van der Waals surface area contributed by atoms with Crippen molar-refractivity contribution in [2.75, 3.05) is 5.32 Å². The van der Waals surface area contributed by atoms with Crippen LogP contribution in [0.4, 0.5) is 10.1 Å². The number of pyridine rings is 1. The van der Waals surface area contributed by atoms with Crippen molar-refractivity contribution in [3.8, 4) is 0 Å². The van der Waals surface area contributed by atoms with Gasteiger partial charge >= 0.3 is 0 Å². The van der Waals surface area contributed by atoms with E-state index >= 15 is 0 Å². The minimum absolute atomic E-state index is 0.272. The van der Waals surface area contributed by atoms with Crippen LogP contribution >= 0.6 is 0 Å². The van der Waals surface area contributed by atoms with Gasteiger partial charge in [-0.2, -0.15) is 0 Å². The van der Waals surface area contributed by atoms with Crippen molar-refractivity contribution in [1.82, 2.24) is 9.55 Å². The molecule has 0 aliphatic carbocycles. The van der Waals surface area contributed by atoms with E-state index in [2.05, 4.69) is 16.9 Å². The molecule has 24 heavy (non-hydrogen) atoms. The summed E-state index contributed by atoms with van der Waals surface area (Å²) >= 11 is 0. The Morgan fingerprint density at radius 1 is 1.33 bits per heavy atom. The second-order valence-corrected chi connectivity index (χ2v) is 5.37. The van der Waals surface area contributed by atoms with Crippen molar-refractivity contribution in [2.24, 2.45) is 7.05 Å². The summed E-state index contributed by atoms with van der Waals surface area (Å²) < 4.78 is 15.2. The predicted molar refractivity (Wildman–Crippen MR) is 94.9 cm³/mol. The number of carbonyl (C=O) groups is 1. The molecule has 1 N–H and O–H groups in total. The van der Waals surface area contributed by atoms with Crippen LogP contribution in [0.15, 0.2) is 55.4 Å². The van der Waals surface area contributed by atoms with Gasteiger partial charge in [0.1, 0.15) is 11.5 Å². The molecule has 0 bridgehead atoms. The van der Waals surface area contributed by atoms with Gasteiger partial charge in [-0.05, 0) is 29.8 Å². The molecule has 1 amide bonds. The molecule has 3 rings (SSSR count). The van der Waals surface area contributed by atoms with Gasteiger partial charge in [0.05, 0.1) is 11.9 Å². The van der Waals surface area contributed by atoms with E-state index in [0.717, 1.165) is 22.2 Å². The predicted octanol–water partition coefficient (Wildman–Crippen LogP) is 4.01. The van der Waals surface area contributed by atoms with Gasteiger partial charge in [-0.15, -0.1) is 0 Å². The van der Waals surface area contributed by atoms with Crippen LogP contribution in [0.3, 0.4) is 0 Å². The molecule has 120 valence electrons. The van der Waals surface area contributed by atoms with Crippen LogP contribution in [0.1, 0.15) is 11.1 Å². The van der Waals surface area contributed by atoms with Crippen molar-refractivity contribution in [1.29, 1.82) is 0 Å². The largest absolute Gasteiger partial charge is 0.335 e. The number of amides is 1. The lowest BCUT2D eigenvalue weighted by Crippen LogP contribution is -2.07. The summed E-state index contributed by atoms with van der Waals surface area (Å²) in [6.07, 6.45) is 8.49. The maximum Gasteiger partial charge on any atom is 0.247 e. The number of aromatic nitrogens is 2. The quantitative estimate of drug-likeness (QED) is 0.738. The highest BCUT2D eigenvalue weighted by molar-refractivity contribution is 6.00. The van der Waals surface area contributed by atoms with Crippen LogP contribution in [0.2, 0.25) is 0 Å². The van der Waals surface area contributed by atoms with E-state index in [0.29, 0.717) is 5.69 Å². The summed E-state index contributed by atoms with van der Waals surface area (Å²) in [4.78, 5) is 15.8. The summed E-state index contributed by atoms with van der Waals surface area (Å²) in [6, 6.07) is 8.24. The first-order valence-corrected chi connectivity index (χ1v) is 7.39. The minimum atomic E-state index is -0.288. The molecule has 0 radical (unpaired) electrons. The van der Waals surface area contributed by atoms with Gasteiger partial charge in [-0.3, -0.25) is 4.79 Å². The number of nitrogens with one attached hydrogen (secondary N) is 1. The summed E-state index contributed by atoms with van der Waals surface area (Å²) in [7, 11) is 1.90. The number of halogens is 1. The van der Waals surface area contributed by atoms with E-state index in [9.17, 15) is 9.18 Å². The van der Waals surface area contributed by atoms with Crippen molar-refractivity contribution >= 4 is 34.8 Å². The third-order valence-electron chi connectivity index (χ3n) is 3.60. The molecular weight excluding hydrogens is 305 g/mol. The zero-order valence-electron chi connectivity index (χ0n) is 13.2.